The fraction of sp³-hybridized carbons (Fsp3) is 0.409. The number of nitrogens with zero attached hydrogens (tertiary/aromatic N) is 1. The van der Waals surface area contributed by atoms with Crippen LogP contribution in [0.4, 0.5) is 5.69 Å². The maximum Gasteiger partial charge on any atom is 0.246 e. The molecule has 2 aromatic carbocycles. The number of methoxy groups -OCH3 is 2. The van der Waals surface area contributed by atoms with Crippen LogP contribution in [-0.2, 0) is 14.8 Å². The summed E-state index contributed by atoms with van der Waals surface area (Å²) in [7, 11) is -0.952. The minimum absolute atomic E-state index is 0.0370. The average molecular weight is 511 g/mol. The van der Waals surface area contributed by atoms with Gasteiger partial charge in [0, 0.05) is 29.3 Å². The Morgan fingerprint density at radius 3 is 2.42 bits per heavy atom. The molecule has 7 nitrogen and oxygen atoms in total. The van der Waals surface area contributed by atoms with E-state index in [4.69, 9.17) is 9.47 Å². The van der Waals surface area contributed by atoms with Crippen LogP contribution in [0, 0.1) is 19.8 Å². The van der Waals surface area contributed by atoms with Crippen molar-refractivity contribution in [2.75, 3.05) is 32.6 Å². The van der Waals surface area contributed by atoms with Gasteiger partial charge in [-0.1, -0.05) is 15.9 Å². The van der Waals surface area contributed by atoms with Gasteiger partial charge in [-0.25, -0.2) is 8.42 Å². The van der Waals surface area contributed by atoms with Crippen molar-refractivity contribution in [2.45, 2.75) is 31.6 Å². The summed E-state index contributed by atoms with van der Waals surface area (Å²) in [6.45, 7) is 4.33. The van der Waals surface area contributed by atoms with E-state index in [1.807, 2.05) is 26.0 Å². The molecule has 3 rings (SSSR count). The van der Waals surface area contributed by atoms with E-state index >= 15 is 0 Å². The monoisotopic (exact) mass is 510 g/mol. The summed E-state index contributed by atoms with van der Waals surface area (Å²) >= 11 is 3.46. The molecule has 2 aromatic rings. The standard InChI is InChI=1S/C22H27BrN2O5S/c1-14-10-17(23)11-15(2)21(14)24-22(26)16-6-5-9-25(13-16)31(27,28)20-12-18(29-3)7-8-19(20)30-4/h7-8,10-12,16H,5-6,9,13H2,1-4H3,(H,24,26)/t16-/m0/s1. The number of nitrogens with one attached hydrogen (secondary N) is 1. The molecule has 1 amide bonds. The van der Waals surface area contributed by atoms with Gasteiger partial charge in [-0.15, -0.1) is 0 Å². The summed E-state index contributed by atoms with van der Waals surface area (Å²) in [5, 5.41) is 3.00. The Kier molecular flexibility index (Phi) is 7.28. The fourth-order valence-electron chi connectivity index (χ4n) is 3.83. The highest BCUT2D eigenvalue weighted by Gasteiger charge is 2.35. The molecule has 0 unspecified atom stereocenters. The molecular weight excluding hydrogens is 484 g/mol. The molecule has 0 spiro atoms. The number of sulfonamides is 1. The number of hydrogen-bond donors (Lipinski definition) is 1. The minimum atomic E-state index is -3.86. The molecule has 1 N–H and O–H groups in total. The summed E-state index contributed by atoms with van der Waals surface area (Å²) in [5.41, 5.74) is 2.66. The van der Waals surface area contributed by atoms with E-state index < -0.39 is 15.9 Å². The minimum Gasteiger partial charge on any atom is -0.497 e. The second-order valence-corrected chi connectivity index (χ2v) is 10.4. The Bertz CT molecular complexity index is 1060. The first-order valence-electron chi connectivity index (χ1n) is 9.97. The Balaban J connectivity index is 1.83. The van der Waals surface area contributed by atoms with Crippen LogP contribution in [0.25, 0.3) is 0 Å². The van der Waals surface area contributed by atoms with E-state index in [1.165, 1.54) is 24.6 Å². The summed E-state index contributed by atoms with van der Waals surface area (Å²) < 4.78 is 39.5. The van der Waals surface area contributed by atoms with E-state index in [0.29, 0.717) is 25.1 Å². The Hall–Kier alpha value is -2.10. The third-order valence-corrected chi connectivity index (χ3v) is 7.83. The molecule has 0 aromatic heterocycles. The van der Waals surface area contributed by atoms with Crippen molar-refractivity contribution in [3.8, 4) is 11.5 Å². The van der Waals surface area contributed by atoms with E-state index in [0.717, 1.165) is 21.3 Å². The van der Waals surface area contributed by atoms with Crippen LogP contribution < -0.4 is 14.8 Å². The van der Waals surface area contributed by atoms with Gasteiger partial charge in [0.1, 0.15) is 16.4 Å². The van der Waals surface area contributed by atoms with Gasteiger partial charge in [-0.3, -0.25) is 4.79 Å². The molecule has 0 radical (unpaired) electrons. The number of carbonyl (C=O) groups is 1. The van der Waals surface area contributed by atoms with Gasteiger partial charge in [0.2, 0.25) is 15.9 Å². The second-order valence-electron chi connectivity index (χ2n) is 7.62. The molecule has 1 fully saturated rings. The lowest BCUT2D eigenvalue weighted by molar-refractivity contribution is -0.120. The number of amides is 1. The second kappa shape index (κ2) is 9.58. The fourth-order valence-corrected chi connectivity index (χ4v) is 6.21. The highest BCUT2D eigenvalue weighted by molar-refractivity contribution is 9.10. The first-order chi connectivity index (χ1) is 14.7. The zero-order chi connectivity index (χ0) is 22.8. The predicted octanol–water partition coefficient (Wildman–Crippen LogP) is 4.12. The smallest absolute Gasteiger partial charge is 0.246 e. The number of carbonyl (C=O) groups excluding carboxylic acids is 1. The number of hydrogen-bond acceptors (Lipinski definition) is 5. The van der Waals surface area contributed by atoms with Gasteiger partial charge in [-0.2, -0.15) is 4.31 Å². The summed E-state index contributed by atoms with van der Waals surface area (Å²) in [6.07, 6.45) is 1.23. The number of ether oxygens (including phenoxy) is 2. The van der Waals surface area contributed by atoms with Crippen molar-refractivity contribution in [3.63, 3.8) is 0 Å². The van der Waals surface area contributed by atoms with Gasteiger partial charge in [-0.05, 0) is 62.1 Å². The quantitative estimate of drug-likeness (QED) is 0.631. The lowest BCUT2D eigenvalue weighted by Gasteiger charge is -2.31. The van der Waals surface area contributed by atoms with Crippen LogP contribution in [-0.4, -0.2) is 45.9 Å². The van der Waals surface area contributed by atoms with E-state index in [1.54, 1.807) is 12.1 Å². The van der Waals surface area contributed by atoms with Crippen LogP contribution in [0.15, 0.2) is 39.7 Å². The molecule has 1 heterocycles. The highest BCUT2D eigenvalue weighted by Crippen LogP contribution is 2.33. The molecule has 1 aliphatic rings. The van der Waals surface area contributed by atoms with Crippen molar-refractivity contribution in [2.24, 2.45) is 5.92 Å². The number of benzene rings is 2. The third kappa shape index (κ3) is 5.05. The molecule has 31 heavy (non-hydrogen) atoms. The van der Waals surface area contributed by atoms with Gasteiger partial charge in [0.15, 0.2) is 0 Å². The molecule has 0 saturated carbocycles. The predicted molar refractivity (Wildman–Crippen MR) is 123 cm³/mol. The first kappa shape index (κ1) is 23.6. The van der Waals surface area contributed by atoms with Crippen molar-refractivity contribution in [1.29, 1.82) is 0 Å². The van der Waals surface area contributed by atoms with Crippen molar-refractivity contribution in [3.05, 3.63) is 45.9 Å². The summed E-state index contributed by atoms with van der Waals surface area (Å²) in [5.74, 6) is 0.0500. The number of piperidine rings is 1. The molecule has 0 aliphatic carbocycles. The van der Waals surface area contributed by atoms with E-state index in [9.17, 15) is 13.2 Å². The van der Waals surface area contributed by atoms with Crippen LogP contribution in [0.3, 0.4) is 0 Å². The molecule has 1 atom stereocenters. The Labute approximate surface area is 191 Å². The number of aryl methyl sites for hydroxylation is 2. The molecule has 168 valence electrons. The van der Waals surface area contributed by atoms with E-state index in [-0.39, 0.29) is 23.1 Å². The van der Waals surface area contributed by atoms with Gasteiger partial charge >= 0.3 is 0 Å². The van der Waals surface area contributed by atoms with E-state index in [2.05, 4.69) is 21.2 Å². The summed E-state index contributed by atoms with van der Waals surface area (Å²) in [4.78, 5) is 13.0. The highest BCUT2D eigenvalue weighted by atomic mass is 79.9. The number of anilines is 1. The SMILES string of the molecule is COc1ccc(OC)c(S(=O)(=O)N2CCC[C@H](C(=O)Nc3c(C)cc(Br)cc3C)C2)c1. The molecule has 1 saturated heterocycles. The number of rotatable bonds is 6. The van der Waals surface area contributed by atoms with Crippen LogP contribution >= 0.6 is 15.9 Å². The lowest BCUT2D eigenvalue weighted by Crippen LogP contribution is -2.43. The van der Waals surface area contributed by atoms with Gasteiger partial charge in [0.25, 0.3) is 0 Å². The van der Waals surface area contributed by atoms with Crippen LogP contribution in [0.2, 0.25) is 0 Å². The van der Waals surface area contributed by atoms with Crippen molar-refractivity contribution in [1.82, 2.24) is 4.31 Å². The topological polar surface area (TPSA) is 84.9 Å². The van der Waals surface area contributed by atoms with Gasteiger partial charge < -0.3 is 14.8 Å². The average Bonchev–Trinajstić information content (AvgIpc) is 2.75. The maximum absolute atomic E-state index is 13.4. The number of halogens is 1. The first-order valence-corrected chi connectivity index (χ1v) is 12.2. The zero-order valence-corrected chi connectivity index (χ0v) is 20.5. The molecule has 1 aliphatic heterocycles. The largest absolute Gasteiger partial charge is 0.497 e. The van der Waals surface area contributed by atoms with Crippen molar-refractivity contribution < 1.29 is 22.7 Å². The lowest BCUT2D eigenvalue weighted by atomic mass is 9.98. The van der Waals surface area contributed by atoms with Crippen LogP contribution in [0.5, 0.6) is 11.5 Å². The van der Waals surface area contributed by atoms with Crippen molar-refractivity contribution >= 4 is 37.5 Å². The Morgan fingerprint density at radius 2 is 1.81 bits per heavy atom. The Morgan fingerprint density at radius 1 is 1.13 bits per heavy atom. The summed E-state index contributed by atoms with van der Waals surface area (Å²) in [6, 6.07) is 8.54. The normalized spacial score (nSPS) is 17.3. The maximum atomic E-state index is 13.4. The molecule has 9 heteroatoms. The third-order valence-electron chi connectivity index (χ3n) is 5.49. The van der Waals surface area contributed by atoms with Crippen LogP contribution in [0.1, 0.15) is 24.0 Å². The molecule has 0 bridgehead atoms. The zero-order valence-electron chi connectivity index (χ0n) is 18.1. The van der Waals surface area contributed by atoms with Gasteiger partial charge in [0.05, 0.1) is 20.1 Å². The molecular formula is C22H27BrN2O5S.